The lowest BCUT2D eigenvalue weighted by molar-refractivity contribution is 0.236. The number of fused-ring (bicyclic) bond motifs is 1. The molecule has 0 radical (unpaired) electrons. The number of anilines is 3. The van der Waals surface area contributed by atoms with E-state index in [9.17, 15) is 8.78 Å². The maximum Gasteiger partial charge on any atom is 0.168 e. The Bertz CT molecular complexity index is 1490. The predicted molar refractivity (Wildman–Crippen MR) is 143 cm³/mol. The number of nitrogens with zero attached hydrogens (tertiary/aromatic N) is 5. The molecule has 38 heavy (non-hydrogen) atoms. The average molecular weight is 517 g/mol. The summed E-state index contributed by atoms with van der Waals surface area (Å²) in [7, 11) is 0. The number of pyridine rings is 3. The number of rotatable bonds is 6. The summed E-state index contributed by atoms with van der Waals surface area (Å²) in [4.78, 5) is 22.5. The lowest BCUT2D eigenvalue weighted by Gasteiger charge is -2.40. The zero-order chi connectivity index (χ0) is 26.3. The standard InChI is InChI=1S/C28H30F2N8/c1-28(2)15-31-8-7-22(28)36-27-24-19(16-4-3-5-16)13-32-14-21(24)35-25(38-27)17-6-9-33-23(10-17)37-26-20(30)11-18(29)12-34-26/h6,9-14,16,22,31H,3-5,7-8,15H2,1-2H3,(H,33,34,37)(H,35,36,38). The van der Waals surface area contributed by atoms with Crippen LogP contribution >= 0.6 is 0 Å². The van der Waals surface area contributed by atoms with Crippen molar-refractivity contribution in [3.8, 4) is 11.4 Å². The second-order valence-corrected chi connectivity index (χ2v) is 10.8. The van der Waals surface area contributed by atoms with E-state index < -0.39 is 11.6 Å². The molecule has 1 unspecified atom stereocenters. The van der Waals surface area contributed by atoms with E-state index in [1.54, 1.807) is 18.5 Å². The molecule has 1 aliphatic carbocycles. The monoisotopic (exact) mass is 516 g/mol. The van der Waals surface area contributed by atoms with Gasteiger partial charge in [0.05, 0.1) is 17.9 Å². The van der Waals surface area contributed by atoms with Crippen LogP contribution in [0.25, 0.3) is 22.3 Å². The lowest BCUT2D eigenvalue weighted by atomic mass is 9.78. The van der Waals surface area contributed by atoms with E-state index in [4.69, 9.17) is 9.97 Å². The molecule has 0 aromatic carbocycles. The summed E-state index contributed by atoms with van der Waals surface area (Å²) < 4.78 is 27.5. The van der Waals surface area contributed by atoms with Crippen molar-refractivity contribution in [3.63, 3.8) is 0 Å². The summed E-state index contributed by atoms with van der Waals surface area (Å²) in [5.74, 6) is 0.483. The Morgan fingerprint density at radius 2 is 1.87 bits per heavy atom. The molecule has 8 nitrogen and oxygen atoms in total. The summed E-state index contributed by atoms with van der Waals surface area (Å²) in [5.41, 5.74) is 2.73. The van der Waals surface area contributed by atoms with E-state index in [-0.39, 0.29) is 17.3 Å². The van der Waals surface area contributed by atoms with Crippen LogP contribution in [0.2, 0.25) is 0 Å². The van der Waals surface area contributed by atoms with E-state index in [2.05, 4.69) is 44.7 Å². The molecule has 3 N–H and O–H groups in total. The molecule has 196 valence electrons. The van der Waals surface area contributed by atoms with Crippen molar-refractivity contribution in [2.75, 3.05) is 23.7 Å². The van der Waals surface area contributed by atoms with Crippen LogP contribution in [0.1, 0.15) is 51.0 Å². The highest BCUT2D eigenvalue weighted by Gasteiger charge is 2.33. The van der Waals surface area contributed by atoms with Gasteiger partial charge in [0.25, 0.3) is 0 Å². The maximum absolute atomic E-state index is 14.2. The second-order valence-electron chi connectivity index (χ2n) is 10.8. The van der Waals surface area contributed by atoms with Crippen LogP contribution in [0.5, 0.6) is 0 Å². The molecule has 1 saturated carbocycles. The van der Waals surface area contributed by atoms with Gasteiger partial charge < -0.3 is 16.0 Å². The van der Waals surface area contributed by atoms with Crippen molar-refractivity contribution in [1.82, 2.24) is 30.2 Å². The molecule has 0 bridgehead atoms. The van der Waals surface area contributed by atoms with E-state index in [1.807, 2.05) is 12.3 Å². The quantitative estimate of drug-likeness (QED) is 0.306. The molecule has 4 aromatic heterocycles. The highest BCUT2D eigenvalue weighted by atomic mass is 19.1. The summed E-state index contributed by atoms with van der Waals surface area (Å²) in [6.45, 7) is 6.39. The van der Waals surface area contributed by atoms with E-state index in [0.29, 0.717) is 23.1 Å². The van der Waals surface area contributed by atoms with Crippen molar-refractivity contribution >= 4 is 28.4 Å². The van der Waals surface area contributed by atoms with Crippen molar-refractivity contribution in [2.24, 2.45) is 5.41 Å². The third kappa shape index (κ3) is 4.76. The molecule has 0 amide bonds. The van der Waals surface area contributed by atoms with Crippen molar-refractivity contribution in [3.05, 3.63) is 60.2 Å². The topological polar surface area (TPSA) is 101 Å². The molecule has 2 fully saturated rings. The Labute approximate surface area is 219 Å². The van der Waals surface area contributed by atoms with E-state index in [0.717, 1.165) is 61.3 Å². The number of hydrogen-bond acceptors (Lipinski definition) is 8. The Morgan fingerprint density at radius 3 is 2.63 bits per heavy atom. The van der Waals surface area contributed by atoms with Crippen LogP contribution in [-0.2, 0) is 0 Å². The minimum Gasteiger partial charge on any atom is -0.366 e. The second kappa shape index (κ2) is 9.83. The van der Waals surface area contributed by atoms with E-state index in [1.165, 1.54) is 12.0 Å². The van der Waals surface area contributed by atoms with Gasteiger partial charge >= 0.3 is 0 Å². The Balaban J connectivity index is 1.42. The highest BCUT2D eigenvalue weighted by molar-refractivity contribution is 5.93. The molecule has 6 rings (SSSR count). The highest BCUT2D eigenvalue weighted by Crippen LogP contribution is 2.42. The fourth-order valence-electron chi connectivity index (χ4n) is 5.24. The van der Waals surface area contributed by atoms with Gasteiger partial charge in [-0.3, -0.25) is 4.98 Å². The first-order chi connectivity index (χ1) is 18.4. The third-order valence-corrected chi connectivity index (χ3v) is 7.70. The largest absolute Gasteiger partial charge is 0.366 e. The molecular weight excluding hydrogens is 486 g/mol. The van der Waals surface area contributed by atoms with Crippen LogP contribution < -0.4 is 16.0 Å². The number of nitrogens with one attached hydrogen (secondary N) is 3. The zero-order valence-electron chi connectivity index (χ0n) is 21.4. The number of aromatic nitrogens is 5. The fourth-order valence-corrected chi connectivity index (χ4v) is 5.24. The number of piperidine rings is 1. The first-order valence-electron chi connectivity index (χ1n) is 13.0. The summed E-state index contributed by atoms with van der Waals surface area (Å²) in [5, 5.41) is 11.1. The maximum atomic E-state index is 14.2. The molecule has 4 aromatic rings. The van der Waals surface area contributed by atoms with Crippen molar-refractivity contribution < 1.29 is 8.78 Å². The van der Waals surface area contributed by atoms with Gasteiger partial charge in [0, 0.05) is 42.0 Å². The minimum atomic E-state index is -0.801. The Hall–Kier alpha value is -3.79. The van der Waals surface area contributed by atoms with E-state index >= 15 is 0 Å². The molecule has 2 aliphatic rings. The average Bonchev–Trinajstić information content (AvgIpc) is 2.86. The zero-order valence-corrected chi connectivity index (χ0v) is 21.4. The first kappa shape index (κ1) is 24.5. The predicted octanol–water partition coefficient (Wildman–Crippen LogP) is 5.57. The van der Waals surface area contributed by atoms with Crippen molar-refractivity contribution in [1.29, 1.82) is 0 Å². The van der Waals surface area contributed by atoms with Crippen molar-refractivity contribution in [2.45, 2.75) is 51.5 Å². The molecule has 1 aliphatic heterocycles. The van der Waals surface area contributed by atoms with Crippen LogP contribution in [0.15, 0.2) is 43.0 Å². The Morgan fingerprint density at radius 1 is 1.00 bits per heavy atom. The lowest BCUT2D eigenvalue weighted by Crippen LogP contribution is -2.49. The number of hydrogen-bond donors (Lipinski definition) is 3. The van der Waals surface area contributed by atoms with Crippen LogP contribution in [0.4, 0.5) is 26.2 Å². The summed E-state index contributed by atoms with van der Waals surface area (Å²) >= 11 is 0. The molecule has 5 heterocycles. The van der Waals surface area contributed by atoms with Crippen LogP contribution in [-0.4, -0.2) is 44.1 Å². The molecular formula is C28H30F2N8. The minimum absolute atomic E-state index is 0.0410. The molecule has 10 heteroatoms. The van der Waals surface area contributed by atoms with Gasteiger partial charge in [-0.1, -0.05) is 20.3 Å². The van der Waals surface area contributed by atoms with Gasteiger partial charge in [0.15, 0.2) is 17.5 Å². The molecule has 0 spiro atoms. The summed E-state index contributed by atoms with van der Waals surface area (Å²) in [6.07, 6.45) is 10.8. The Kier molecular flexibility index (Phi) is 6.35. The normalized spacial score (nSPS) is 19.2. The fraction of sp³-hybridized carbons (Fsp3) is 0.393. The van der Waals surface area contributed by atoms with Gasteiger partial charge in [0.2, 0.25) is 0 Å². The number of halogens is 2. The smallest absolute Gasteiger partial charge is 0.168 e. The van der Waals surface area contributed by atoms with Gasteiger partial charge in [0.1, 0.15) is 17.5 Å². The first-order valence-corrected chi connectivity index (χ1v) is 13.0. The third-order valence-electron chi connectivity index (χ3n) is 7.70. The van der Waals surface area contributed by atoms with Gasteiger partial charge in [-0.25, -0.2) is 28.7 Å². The van der Waals surface area contributed by atoms with Gasteiger partial charge in [-0.15, -0.1) is 0 Å². The molecule has 1 atom stereocenters. The van der Waals surface area contributed by atoms with Gasteiger partial charge in [-0.2, -0.15) is 0 Å². The van der Waals surface area contributed by atoms with Crippen LogP contribution in [0, 0.1) is 17.0 Å². The van der Waals surface area contributed by atoms with Crippen LogP contribution in [0.3, 0.4) is 0 Å². The van der Waals surface area contributed by atoms with Gasteiger partial charge in [-0.05, 0) is 54.8 Å². The SMILES string of the molecule is CC1(C)CNCCC1Nc1nc(-c2ccnc(Nc3ncc(F)cc3F)c2)nc2cncc(C3CCC3)c12. The summed E-state index contributed by atoms with van der Waals surface area (Å²) in [6, 6.07) is 4.55. The molecule has 1 saturated heterocycles.